The number of rotatable bonds is 6. The van der Waals surface area contributed by atoms with Crippen LogP contribution in [-0.4, -0.2) is 28.7 Å². The van der Waals surface area contributed by atoms with Gasteiger partial charge in [0.05, 0.1) is 12.3 Å². The molecule has 2 N–H and O–H groups in total. The lowest BCUT2D eigenvalue weighted by atomic mass is 10.0. The van der Waals surface area contributed by atoms with Crippen molar-refractivity contribution in [2.75, 3.05) is 13.2 Å². The van der Waals surface area contributed by atoms with E-state index in [1.54, 1.807) is 0 Å². The largest absolute Gasteiger partial charge is 0.379 e. The molecule has 2 heterocycles. The Morgan fingerprint density at radius 3 is 3.06 bits per heavy atom. The molecule has 1 aromatic rings. The van der Waals surface area contributed by atoms with Gasteiger partial charge in [-0.15, -0.1) is 0 Å². The monoisotopic (exact) mass is 271 g/mol. The summed E-state index contributed by atoms with van der Waals surface area (Å²) in [5, 5.41) is 4.10. The van der Waals surface area contributed by atoms with Gasteiger partial charge in [0.1, 0.15) is 5.82 Å². The lowest BCUT2D eigenvalue weighted by Gasteiger charge is -2.23. The molecule has 0 saturated carbocycles. The van der Waals surface area contributed by atoms with Crippen LogP contribution in [0.25, 0.3) is 0 Å². The summed E-state index contributed by atoms with van der Waals surface area (Å²) in [7, 11) is 0. The number of halogens is 1. The standard InChI is InChI=1S/C13H22ClN3O/c1-3-4-5-11-16-10(12(14)17-11)8-15-13(2)6-7-18-9-13/h15H,3-9H2,1-2H3,(H,16,17). The zero-order valence-corrected chi connectivity index (χ0v) is 11.9. The minimum Gasteiger partial charge on any atom is -0.379 e. The van der Waals surface area contributed by atoms with Crippen LogP contribution in [0.4, 0.5) is 0 Å². The number of hydrogen-bond acceptors (Lipinski definition) is 3. The molecule has 0 spiro atoms. The SMILES string of the molecule is CCCCc1nc(Cl)c(CNC2(C)CCOC2)[nH]1. The van der Waals surface area contributed by atoms with E-state index in [2.05, 4.69) is 29.1 Å². The highest BCUT2D eigenvalue weighted by Crippen LogP contribution is 2.20. The molecule has 0 aliphatic carbocycles. The van der Waals surface area contributed by atoms with E-state index in [4.69, 9.17) is 16.3 Å². The van der Waals surface area contributed by atoms with Gasteiger partial charge in [-0.25, -0.2) is 4.98 Å². The highest BCUT2D eigenvalue weighted by atomic mass is 35.5. The van der Waals surface area contributed by atoms with E-state index < -0.39 is 0 Å². The average Bonchev–Trinajstić information content (AvgIpc) is 2.92. The van der Waals surface area contributed by atoms with Gasteiger partial charge in [0.25, 0.3) is 0 Å². The van der Waals surface area contributed by atoms with Crippen LogP contribution >= 0.6 is 11.6 Å². The van der Waals surface area contributed by atoms with Crippen LogP contribution in [0.1, 0.15) is 44.6 Å². The van der Waals surface area contributed by atoms with Gasteiger partial charge in [-0.05, 0) is 19.8 Å². The second-order valence-electron chi connectivity index (χ2n) is 5.27. The number of aromatic nitrogens is 2. The van der Waals surface area contributed by atoms with Crippen LogP contribution < -0.4 is 5.32 Å². The van der Waals surface area contributed by atoms with Crippen molar-refractivity contribution in [3.05, 3.63) is 16.7 Å². The molecule has 1 atom stereocenters. The Morgan fingerprint density at radius 2 is 2.39 bits per heavy atom. The number of unbranched alkanes of at least 4 members (excludes halogenated alkanes) is 1. The van der Waals surface area contributed by atoms with Crippen molar-refractivity contribution in [2.45, 2.75) is 51.6 Å². The molecule has 0 bridgehead atoms. The van der Waals surface area contributed by atoms with E-state index in [9.17, 15) is 0 Å². The minimum atomic E-state index is 0.0675. The van der Waals surface area contributed by atoms with E-state index in [-0.39, 0.29) is 5.54 Å². The van der Waals surface area contributed by atoms with Crippen molar-refractivity contribution in [1.82, 2.24) is 15.3 Å². The van der Waals surface area contributed by atoms with Crippen molar-refractivity contribution in [2.24, 2.45) is 0 Å². The molecule has 4 nitrogen and oxygen atoms in total. The Morgan fingerprint density at radius 1 is 1.56 bits per heavy atom. The topological polar surface area (TPSA) is 49.9 Å². The molecule has 1 aliphatic rings. The molecule has 0 aromatic carbocycles. The zero-order chi connectivity index (χ0) is 13.0. The molecular formula is C13H22ClN3O. The lowest BCUT2D eigenvalue weighted by molar-refractivity contribution is 0.171. The number of aromatic amines is 1. The van der Waals surface area contributed by atoms with Crippen molar-refractivity contribution in [3.8, 4) is 0 Å². The first-order valence-corrected chi connectivity index (χ1v) is 7.07. The maximum Gasteiger partial charge on any atom is 0.151 e. The van der Waals surface area contributed by atoms with Crippen LogP contribution in [0.3, 0.4) is 0 Å². The second-order valence-corrected chi connectivity index (χ2v) is 5.63. The smallest absolute Gasteiger partial charge is 0.151 e. The van der Waals surface area contributed by atoms with E-state index >= 15 is 0 Å². The third-order valence-electron chi connectivity index (χ3n) is 3.46. The van der Waals surface area contributed by atoms with Gasteiger partial charge in [-0.2, -0.15) is 0 Å². The summed E-state index contributed by atoms with van der Waals surface area (Å²) in [6, 6.07) is 0. The third kappa shape index (κ3) is 3.46. The molecule has 1 aliphatic heterocycles. The van der Waals surface area contributed by atoms with Crippen LogP contribution in [0.5, 0.6) is 0 Å². The fraction of sp³-hybridized carbons (Fsp3) is 0.769. The summed E-state index contributed by atoms with van der Waals surface area (Å²) in [6.45, 7) is 6.68. The van der Waals surface area contributed by atoms with Crippen molar-refractivity contribution < 1.29 is 4.74 Å². The maximum atomic E-state index is 6.14. The normalized spacial score (nSPS) is 23.7. The quantitative estimate of drug-likeness (QED) is 0.836. The number of ether oxygens (including phenoxy) is 1. The molecule has 5 heteroatoms. The number of H-pyrrole nitrogens is 1. The van der Waals surface area contributed by atoms with Crippen molar-refractivity contribution in [3.63, 3.8) is 0 Å². The minimum absolute atomic E-state index is 0.0675. The Bertz CT molecular complexity index is 386. The van der Waals surface area contributed by atoms with E-state index in [1.165, 1.54) is 6.42 Å². The van der Waals surface area contributed by atoms with Gasteiger partial charge < -0.3 is 15.0 Å². The number of imidazole rings is 1. The summed E-state index contributed by atoms with van der Waals surface area (Å²) in [4.78, 5) is 7.67. The van der Waals surface area contributed by atoms with Crippen LogP contribution in [0.2, 0.25) is 5.15 Å². The maximum absolute atomic E-state index is 6.14. The van der Waals surface area contributed by atoms with E-state index in [0.29, 0.717) is 5.15 Å². The van der Waals surface area contributed by atoms with Crippen molar-refractivity contribution in [1.29, 1.82) is 0 Å². The summed E-state index contributed by atoms with van der Waals surface area (Å²) in [6.07, 6.45) is 4.32. The molecule has 0 radical (unpaired) electrons. The first kappa shape index (κ1) is 13.8. The molecule has 1 fully saturated rings. The predicted molar refractivity (Wildman–Crippen MR) is 72.9 cm³/mol. The third-order valence-corrected chi connectivity index (χ3v) is 3.77. The fourth-order valence-electron chi connectivity index (χ4n) is 2.13. The van der Waals surface area contributed by atoms with Crippen LogP contribution in [0, 0.1) is 0 Å². The Hall–Kier alpha value is -0.580. The number of aryl methyl sites for hydroxylation is 1. The lowest BCUT2D eigenvalue weighted by Crippen LogP contribution is -2.42. The predicted octanol–water partition coefficient (Wildman–Crippen LogP) is 2.67. The molecule has 1 unspecified atom stereocenters. The highest BCUT2D eigenvalue weighted by molar-refractivity contribution is 6.30. The molecule has 1 aromatic heterocycles. The first-order chi connectivity index (χ1) is 8.63. The molecule has 18 heavy (non-hydrogen) atoms. The van der Waals surface area contributed by atoms with Crippen LogP contribution in [0.15, 0.2) is 0 Å². The molecule has 1 saturated heterocycles. The Balaban J connectivity index is 1.90. The molecule has 0 amide bonds. The summed E-state index contributed by atoms with van der Waals surface area (Å²) >= 11 is 6.14. The van der Waals surface area contributed by atoms with Gasteiger partial charge in [-0.1, -0.05) is 24.9 Å². The number of hydrogen-bond donors (Lipinski definition) is 2. The van der Waals surface area contributed by atoms with Crippen molar-refractivity contribution >= 4 is 11.6 Å². The van der Waals surface area contributed by atoms with Gasteiger partial charge >= 0.3 is 0 Å². The average molecular weight is 272 g/mol. The van der Waals surface area contributed by atoms with Gasteiger partial charge in [0.2, 0.25) is 0 Å². The second kappa shape index (κ2) is 6.04. The molecule has 102 valence electrons. The van der Waals surface area contributed by atoms with E-state index in [1.807, 2.05) is 0 Å². The summed E-state index contributed by atoms with van der Waals surface area (Å²) < 4.78 is 5.42. The Labute approximate surface area is 113 Å². The fourth-order valence-corrected chi connectivity index (χ4v) is 2.34. The number of nitrogens with zero attached hydrogens (tertiary/aromatic N) is 1. The highest BCUT2D eigenvalue weighted by Gasteiger charge is 2.29. The summed E-state index contributed by atoms with van der Waals surface area (Å²) in [5.74, 6) is 0.992. The summed E-state index contributed by atoms with van der Waals surface area (Å²) in [5.41, 5.74) is 1.05. The zero-order valence-electron chi connectivity index (χ0n) is 11.2. The van der Waals surface area contributed by atoms with Crippen LogP contribution in [-0.2, 0) is 17.7 Å². The van der Waals surface area contributed by atoms with Gasteiger partial charge in [-0.3, -0.25) is 0 Å². The molecule has 2 rings (SSSR count). The van der Waals surface area contributed by atoms with E-state index in [0.717, 1.165) is 50.5 Å². The van der Waals surface area contributed by atoms with Gasteiger partial charge in [0, 0.05) is 25.1 Å². The Kier molecular flexibility index (Phi) is 4.65. The molecular weight excluding hydrogens is 250 g/mol. The first-order valence-electron chi connectivity index (χ1n) is 6.69. The van der Waals surface area contributed by atoms with Gasteiger partial charge in [0.15, 0.2) is 5.15 Å². The number of nitrogens with one attached hydrogen (secondary N) is 2.